The van der Waals surface area contributed by atoms with E-state index in [1.165, 1.54) is 6.07 Å². The van der Waals surface area contributed by atoms with E-state index in [0.29, 0.717) is 22.5 Å². The van der Waals surface area contributed by atoms with Crippen molar-refractivity contribution >= 4 is 15.9 Å². The van der Waals surface area contributed by atoms with Crippen molar-refractivity contribution in [2.75, 3.05) is 7.05 Å². The minimum atomic E-state index is -0.373. The lowest BCUT2D eigenvalue weighted by molar-refractivity contribution is 0.459. The Labute approximate surface area is 131 Å². The lowest BCUT2D eigenvalue weighted by atomic mass is 10.2. The van der Waals surface area contributed by atoms with Gasteiger partial charge in [0.15, 0.2) is 5.75 Å². The van der Waals surface area contributed by atoms with E-state index in [0.717, 1.165) is 11.5 Å². The maximum atomic E-state index is 13.5. The monoisotopic (exact) mass is 353 g/mol. The van der Waals surface area contributed by atoms with Crippen molar-refractivity contribution in [2.24, 2.45) is 0 Å². The van der Waals surface area contributed by atoms with Gasteiger partial charge in [0.1, 0.15) is 23.1 Å². The molecule has 0 bridgehead atoms. The fourth-order valence-electron chi connectivity index (χ4n) is 1.75. The standard InChI is InChI=1S/C15H17BrFN3O/c1-9(2)15-19-8-14(13(20-15)7-18-3)21-10-4-5-11(16)12(17)6-10/h4-6,8-9,18H,7H2,1-3H3. The molecule has 0 unspecified atom stereocenters. The van der Waals surface area contributed by atoms with E-state index in [2.05, 4.69) is 31.2 Å². The molecule has 0 atom stereocenters. The summed E-state index contributed by atoms with van der Waals surface area (Å²) in [6.07, 6.45) is 1.63. The van der Waals surface area contributed by atoms with Crippen LogP contribution in [0, 0.1) is 5.82 Å². The smallest absolute Gasteiger partial charge is 0.168 e. The Bertz CT molecular complexity index is 634. The normalized spacial score (nSPS) is 11.0. The van der Waals surface area contributed by atoms with E-state index in [1.807, 2.05) is 20.9 Å². The number of ether oxygens (including phenoxy) is 1. The topological polar surface area (TPSA) is 47.0 Å². The van der Waals surface area contributed by atoms with Crippen LogP contribution >= 0.6 is 15.9 Å². The average Bonchev–Trinajstić information content (AvgIpc) is 2.45. The molecule has 0 spiro atoms. The second-order valence-electron chi connectivity index (χ2n) is 4.90. The predicted octanol–water partition coefficient (Wildman–Crippen LogP) is 4.01. The molecule has 2 rings (SSSR count). The molecule has 0 radical (unpaired) electrons. The van der Waals surface area contributed by atoms with Crippen LogP contribution in [0.1, 0.15) is 31.3 Å². The number of nitrogens with zero attached hydrogens (tertiary/aromatic N) is 2. The molecule has 0 aliphatic heterocycles. The summed E-state index contributed by atoms with van der Waals surface area (Å²) in [6, 6.07) is 4.61. The third-order valence-electron chi connectivity index (χ3n) is 2.83. The van der Waals surface area contributed by atoms with Gasteiger partial charge in [-0.05, 0) is 35.1 Å². The highest BCUT2D eigenvalue weighted by molar-refractivity contribution is 9.10. The van der Waals surface area contributed by atoms with Crippen molar-refractivity contribution in [3.8, 4) is 11.5 Å². The van der Waals surface area contributed by atoms with E-state index >= 15 is 0 Å². The van der Waals surface area contributed by atoms with Gasteiger partial charge in [-0.1, -0.05) is 13.8 Å². The molecule has 4 nitrogen and oxygen atoms in total. The summed E-state index contributed by atoms with van der Waals surface area (Å²) < 4.78 is 19.6. The molecule has 0 aliphatic rings. The van der Waals surface area contributed by atoms with Gasteiger partial charge in [0.05, 0.1) is 10.7 Å². The van der Waals surface area contributed by atoms with Gasteiger partial charge in [-0.3, -0.25) is 0 Å². The van der Waals surface area contributed by atoms with Crippen molar-refractivity contribution in [1.82, 2.24) is 15.3 Å². The summed E-state index contributed by atoms with van der Waals surface area (Å²) in [5, 5.41) is 3.04. The highest BCUT2D eigenvalue weighted by Gasteiger charge is 2.12. The zero-order chi connectivity index (χ0) is 15.4. The van der Waals surface area contributed by atoms with Gasteiger partial charge in [0.2, 0.25) is 0 Å². The molecule has 1 N–H and O–H groups in total. The minimum Gasteiger partial charge on any atom is -0.454 e. The van der Waals surface area contributed by atoms with Crippen LogP contribution in [0.2, 0.25) is 0 Å². The zero-order valence-corrected chi connectivity index (χ0v) is 13.7. The van der Waals surface area contributed by atoms with Crippen molar-refractivity contribution in [3.63, 3.8) is 0 Å². The third-order valence-corrected chi connectivity index (χ3v) is 3.47. The second-order valence-corrected chi connectivity index (χ2v) is 5.76. The molecule has 1 heterocycles. The average molecular weight is 354 g/mol. The molecule has 21 heavy (non-hydrogen) atoms. The largest absolute Gasteiger partial charge is 0.454 e. The molecular weight excluding hydrogens is 337 g/mol. The van der Waals surface area contributed by atoms with Crippen LogP contribution in [-0.2, 0) is 6.54 Å². The van der Waals surface area contributed by atoms with Crippen LogP contribution in [0.15, 0.2) is 28.9 Å². The first-order chi connectivity index (χ1) is 10.0. The maximum absolute atomic E-state index is 13.5. The number of nitrogens with one attached hydrogen (secondary N) is 1. The maximum Gasteiger partial charge on any atom is 0.168 e. The lowest BCUT2D eigenvalue weighted by Crippen LogP contribution is -2.11. The lowest BCUT2D eigenvalue weighted by Gasteiger charge is -2.12. The fraction of sp³-hybridized carbons (Fsp3) is 0.333. The Morgan fingerprint density at radius 1 is 1.38 bits per heavy atom. The van der Waals surface area contributed by atoms with E-state index < -0.39 is 0 Å². The molecule has 112 valence electrons. The first-order valence-electron chi connectivity index (χ1n) is 6.64. The summed E-state index contributed by atoms with van der Waals surface area (Å²) in [6.45, 7) is 4.61. The van der Waals surface area contributed by atoms with Crippen molar-refractivity contribution in [2.45, 2.75) is 26.3 Å². The molecule has 0 fully saturated rings. The minimum absolute atomic E-state index is 0.236. The first-order valence-corrected chi connectivity index (χ1v) is 7.44. The Balaban J connectivity index is 2.31. The first kappa shape index (κ1) is 15.9. The molecule has 6 heteroatoms. The summed E-state index contributed by atoms with van der Waals surface area (Å²) in [7, 11) is 1.83. The number of halogens is 2. The molecule has 1 aromatic carbocycles. The van der Waals surface area contributed by atoms with E-state index in [4.69, 9.17) is 4.74 Å². The van der Waals surface area contributed by atoms with Crippen LogP contribution < -0.4 is 10.1 Å². The number of benzene rings is 1. The highest BCUT2D eigenvalue weighted by atomic mass is 79.9. The van der Waals surface area contributed by atoms with E-state index in [1.54, 1.807) is 18.3 Å². The van der Waals surface area contributed by atoms with Crippen molar-refractivity contribution in [1.29, 1.82) is 0 Å². The quantitative estimate of drug-likeness (QED) is 0.881. The van der Waals surface area contributed by atoms with Gasteiger partial charge < -0.3 is 10.1 Å². The fourth-order valence-corrected chi connectivity index (χ4v) is 1.99. The molecule has 0 aliphatic carbocycles. The third kappa shape index (κ3) is 3.98. The molecule has 0 saturated heterocycles. The van der Waals surface area contributed by atoms with Crippen LogP contribution in [0.4, 0.5) is 4.39 Å². The van der Waals surface area contributed by atoms with Gasteiger partial charge in [-0.15, -0.1) is 0 Å². The van der Waals surface area contributed by atoms with Gasteiger partial charge in [-0.25, -0.2) is 14.4 Å². The summed E-state index contributed by atoms with van der Waals surface area (Å²) in [4.78, 5) is 8.79. The van der Waals surface area contributed by atoms with E-state index in [9.17, 15) is 4.39 Å². The number of hydrogen-bond acceptors (Lipinski definition) is 4. The Hall–Kier alpha value is -1.53. The van der Waals surface area contributed by atoms with Crippen molar-refractivity contribution < 1.29 is 9.13 Å². The Kier molecular flexibility index (Phi) is 5.25. The predicted molar refractivity (Wildman–Crippen MR) is 83.1 cm³/mol. The number of rotatable bonds is 5. The Morgan fingerprint density at radius 2 is 2.14 bits per heavy atom. The molecular formula is C15H17BrFN3O. The zero-order valence-electron chi connectivity index (χ0n) is 12.2. The Morgan fingerprint density at radius 3 is 2.76 bits per heavy atom. The molecule has 0 saturated carbocycles. The van der Waals surface area contributed by atoms with Crippen molar-refractivity contribution in [3.05, 3.63) is 46.2 Å². The summed E-state index contributed by atoms with van der Waals surface area (Å²) in [5.74, 6) is 1.56. The van der Waals surface area contributed by atoms with Crippen LogP contribution in [0.5, 0.6) is 11.5 Å². The van der Waals surface area contributed by atoms with Crippen LogP contribution in [-0.4, -0.2) is 17.0 Å². The van der Waals surface area contributed by atoms with Crippen LogP contribution in [0.25, 0.3) is 0 Å². The SMILES string of the molecule is CNCc1nc(C(C)C)ncc1Oc1ccc(Br)c(F)c1. The van der Waals surface area contributed by atoms with Crippen LogP contribution in [0.3, 0.4) is 0 Å². The van der Waals surface area contributed by atoms with E-state index in [-0.39, 0.29) is 11.7 Å². The second kappa shape index (κ2) is 6.95. The van der Waals surface area contributed by atoms with Gasteiger partial charge in [0.25, 0.3) is 0 Å². The highest BCUT2D eigenvalue weighted by Crippen LogP contribution is 2.27. The molecule has 0 amide bonds. The summed E-state index contributed by atoms with van der Waals surface area (Å²) in [5.41, 5.74) is 0.750. The van der Waals surface area contributed by atoms with Gasteiger partial charge in [0, 0.05) is 18.5 Å². The number of aromatic nitrogens is 2. The number of hydrogen-bond donors (Lipinski definition) is 1. The van der Waals surface area contributed by atoms with Gasteiger partial charge in [-0.2, -0.15) is 0 Å². The molecule has 1 aromatic heterocycles. The van der Waals surface area contributed by atoms with Gasteiger partial charge >= 0.3 is 0 Å². The summed E-state index contributed by atoms with van der Waals surface area (Å²) >= 11 is 3.11. The molecule has 2 aromatic rings.